The van der Waals surface area contributed by atoms with Crippen molar-refractivity contribution in [1.82, 2.24) is 0 Å². The van der Waals surface area contributed by atoms with Crippen LogP contribution in [0.15, 0.2) is 18.2 Å². The van der Waals surface area contributed by atoms with E-state index in [0.717, 1.165) is 36.9 Å². The van der Waals surface area contributed by atoms with Gasteiger partial charge in [-0.05, 0) is 30.5 Å². The number of rotatable bonds is 3. The lowest BCUT2D eigenvalue weighted by molar-refractivity contribution is 0.606. The third kappa shape index (κ3) is 2.77. The first kappa shape index (κ1) is 12.8. The zero-order valence-electron chi connectivity index (χ0n) is 10.3. The van der Waals surface area contributed by atoms with E-state index < -0.39 is 10.0 Å². The number of fused-ring (bicyclic) bond motifs is 1. The summed E-state index contributed by atoms with van der Waals surface area (Å²) in [6.07, 6.45) is 8.37. The molecule has 4 nitrogen and oxygen atoms in total. The van der Waals surface area contributed by atoms with E-state index in [1.165, 1.54) is 0 Å². The number of sulfonamides is 1. The SMILES string of the molecule is C#CCN1CCCc2c(NS(C)(=O)=O)cccc21. The van der Waals surface area contributed by atoms with Crippen LogP contribution in [-0.2, 0) is 16.4 Å². The van der Waals surface area contributed by atoms with Gasteiger partial charge in [0.2, 0.25) is 10.0 Å². The summed E-state index contributed by atoms with van der Waals surface area (Å²) in [5.74, 6) is 2.63. The van der Waals surface area contributed by atoms with E-state index in [2.05, 4.69) is 15.5 Å². The van der Waals surface area contributed by atoms with Crippen molar-refractivity contribution in [3.63, 3.8) is 0 Å². The van der Waals surface area contributed by atoms with E-state index in [1.807, 2.05) is 12.1 Å². The number of hydrogen-bond donors (Lipinski definition) is 1. The molecular weight excluding hydrogens is 248 g/mol. The van der Waals surface area contributed by atoms with Gasteiger partial charge in [-0.1, -0.05) is 12.0 Å². The van der Waals surface area contributed by atoms with Crippen molar-refractivity contribution in [2.75, 3.05) is 29.0 Å². The summed E-state index contributed by atoms with van der Waals surface area (Å²) in [5, 5.41) is 0. The Kier molecular flexibility index (Phi) is 3.48. The maximum absolute atomic E-state index is 11.3. The van der Waals surface area contributed by atoms with Gasteiger partial charge >= 0.3 is 0 Å². The molecular formula is C13H16N2O2S. The minimum Gasteiger partial charge on any atom is -0.360 e. The van der Waals surface area contributed by atoms with E-state index in [9.17, 15) is 8.42 Å². The summed E-state index contributed by atoms with van der Waals surface area (Å²) in [4.78, 5) is 2.10. The molecule has 0 saturated carbocycles. The Bertz CT molecular complexity index is 587. The fourth-order valence-electron chi connectivity index (χ4n) is 2.27. The molecule has 5 heteroatoms. The van der Waals surface area contributed by atoms with Crippen molar-refractivity contribution in [2.45, 2.75) is 12.8 Å². The molecule has 0 spiro atoms. The van der Waals surface area contributed by atoms with Gasteiger partial charge in [-0.15, -0.1) is 6.42 Å². The number of anilines is 2. The Morgan fingerprint density at radius 1 is 1.50 bits per heavy atom. The molecule has 0 amide bonds. The zero-order valence-corrected chi connectivity index (χ0v) is 11.1. The standard InChI is InChI=1S/C13H16N2O2S/c1-3-9-15-10-5-6-11-12(14-18(2,16)17)7-4-8-13(11)15/h1,4,7-8,14H,5-6,9-10H2,2H3. The number of benzene rings is 1. The minimum atomic E-state index is -3.25. The maximum Gasteiger partial charge on any atom is 0.229 e. The molecule has 1 aliphatic heterocycles. The highest BCUT2D eigenvalue weighted by atomic mass is 32.2. The van der Waals surface area contributed by atoms with Crippen LogP contribution in [0.3, 0.4) is 0 Å². The van der Waals surface area contributed by atoms with Crippen LogP contribution in [0, 0.1) is 12.3 Å². The highest BCUT2D eigenvalue weighted by Gasteiger charge is 2.19. The van der Waals surface area contributed by atoms with Gasteiger partial charge in [0, 0.05) is 12.2 Å². The van der Waals surface area contributed by atoms with Gasteiger partial charge < -0.3 is 4.90 Å². The number of terminal acetylenes is 1. The van der Waals surface area contributed by atoms with Crippen LogP contribution in [0.5, 0.6) is 0 Å². The second kappa shape index (κ2) is 4.91. The van der Waals surface area contributed by atoms with Gasteiger partial charge in [-0.3, -0.25) is 4.72 Å². The smallest absolute Gasteiger partial charge is 0.229 e. The number of hydrogen-bond acceptors (Lipinski definition) is 3. The molecule has 1 aromatic carbocycles. The Morgan fingerprint density at radius 3 is 2.94 bits per heavy atom. The van der Waals surface area contributed by atoms with E-state index in [0.29, 0.717) is 12.2 Å². The normalized spacial score (nSPS) is 14.8. The van der Waals surface area contributed by atoms with Gasteiger partial charge in [0.1, 0.15) is 0 Å². The molecule has 2 rings (SSSR count). The molecule has 18 heavy (non-hydrogen) atoms. The van der Waals surface area contributed by atoms with Crippen molar-refractivity contribution in [3.8, 4) is 12.3 Å². The van der Waals surface area contributed by atoms with Crippen molar-refractivity contribution in [2.24, 2.45) is 0 Å². The van der Waals surface area contributed by atoms with E-state index in [4.69, 9.17) is 6.42 Å². The van der Waals surface area contributed by atoms with Crippen LogP contribution in [-0.4, -0.2) is 27.8 Å². The summed E-state index contributed by atoms with van der Waals surface area (Å²) < 4.78 is 25.2. The van der Waals surface area contributed by atoms with Crippen LogP contribution in [0.2, 0.25) is 0 Å². The second-order valence-corrected chi connectivity index (χ2v) is 6.16. The average Bonchev–Trinajstić information content (AvgIpc) is 2.29. The van der Waals surface area contributed by atoms with Gasteiger partial charge in [0.05, 0.1) is 18.5 Å². The Balaban J connectivity index is 2.41. The molecule has 1 aliphatic rings. The molecule has 0 fully saturated rings. The van der Waals surface area contributed by atoms with E-state index in [-0.39, 0.29) is 0 Å². The maximum atomic E-state index is 11.3. The van der Waals surface area contributed by atoms with Crippen molar-refractivity contribution in [1.29, 1.82) is 0 Å². The predicted molar refractivity (Wildman–Crippen MR) is 74.3 cm³/mol. The lowest BCUT2D eigenvalue weighted by atomic mass is 10.00. The quantitative estimate of drug-likeness (QED) is 0.841. The highest BCUT2D eigenvalue weighted by Crippen LogP contribution is 2.32. The summed E-state index contributed by atoms with van der Waals surface area (Å²) >= 11 is 0. The molecule has 1 aromatic rings. The summed E-state index contributed by atoms with van der Waals surface area (Å²) in [5.41, 5.74) is 2.73. The second-order valence-electron chi connectivity index (χ2n) is 4.41. The summed E-state index contributed by atoms with van der Waals surface area (Å²) in [6.45, 7) is 1.47. The first-order valence-corrected chi connectivity index (χ1v) is 7.68. The Morgan fingerprint density at radius 2 is 2.28 bits per heavy atom. The van der Waals surface area contributed by atoms with Crippen molar-refractivity contribution < 1.29 is 8.42 Å². The number of nitrogens with one attached hydrogen (secondary N) is 1. The minimum absolute atomic E-state index is 0.551. The van der Waals surface area contributed by atoms with Gasteiger partial charge in [0.15, 0.2) is 0 Å². The third-order valence-electron chi connectivity index (χ3n) is 2.92. The van der Waals surface area contributed by atoms with Crippen LogP contribution < -0.4 is 9.62 Å². The average molecular weight is 264 g/mol. The van der Waals surface area contributed by atoms with Crippen LogP contribution in [0.25, 0.3) is 0 Å². The molecule has 1 N–H and O–H groups in total. The van der Waals surface area contributed by atoms with E-state index in [1.54, 1.807) is 6.07 Å². The van der Waals surface area contributed by atoms with Crippen LogP contribution in [0.4, 0.5) is 11.4 Å². The monoisotopic (exact) mass is 264 g/mol. The molecule has 0 unspecified atom stereocenters. The first-order valence-electron chi connectivity index (χ1n) is 5.79. The van der Waals surface area contributed by atoms with Crippen molar-refractivity contribution >= 4 is 21.4 Å². The Hall–Kier alpha value is -1.67. The van der Waals surface area contributed by atoms with Crippen LogP contribution in [0.1, 0.15) is 12.0 Å². The predicted octanol–water partition coefficient (Wildman–Crippen LogP) is 1.44. The van der Waals surface area contributed by atoms with Gasteiger partial charge in [0.25, 0.3) is 0 Å². The molecule has 0 radical (unpaired) electrons. The summed E-state index contributed by atoms with van der Waals surface area (Å²) in [6, 6.07) is 5.62. The first-order chi connectivity index (χ1) is 8.51. The molecule has 0 bridgehead atoms. The van der Waals surface area contributed by atoms with Gasteiger partial charge in [-0.25, -0.2) is 8.42 Å². The molecule has 0 aliphatic carbocycles. The van der Waals surface area contributed by atoms with Crippen LogP contribution >= 0.6 is 0 Å². The molecule has 96 valence electrons. The fourth-order valence-corrected chi connectivity index (χ4v) is 2.86. The van der Waals surface area contributed by atoms with Gasteiger partial charge in [-0.2, -0.15) is 0 Å². The molecule has 0 atom stereocenters. The lowest BCUT2D eigenvalue weighted by Crippen LogP contribution is -2.30. The topological polar surface area (TPSA) is 49.4 Å². The Labute approximate surface area is 108 Å². The number of nitrogens with zero attached hydrogens (tertiary/aromatic N) is 1. The third-order valence-corrected chi connectivity index (χ3v) is 3.51. The molecule has 1 heterocycles. The lowest BCUT2D eigenvalue weighted by Gasteiger charge is -2.31. The largest absolute Gasteiger partial charge is 0.360 e. The molecule has 0 aromatic heterocycles. The summed E-state index contributed by atoms with van der Waals surface area (Å²) in [7, 11) is -3.25. The molecule has 0 saturated heterocycles. The van der Waals surface area contributed by atoms with E-state index >= 15 is 0 Å². The fraction of sp³-hybridized carbons (Fsp3) is 0.385. The highest BCUT2D eigenvalue weighted by molar-refractivity contribution is 7.92. The van der Waals surface area contributed by atoms with Crippen molar-refractivity contribution in [3.05, 3.63) is 23.8 Å². The zero-order chi connectivity index (χ0) is 13.2.